The summed E-state index contributed by atoms with van der Waals surface area (Å²) in [5, 5.41) is 0. The van der Waals surface area contributed by atoms with Crippen LogP contribution in [0.5, 0.6) is 0 Å². The molecular weight excluding hydrogens is 207 g/mol. The zero-order valence-electron chi connectivity index (χ0n) is 1.71. The van der Waals surface area contributed by atoms with Crippen molar-refractivity contribution in [2.45, 2.75) is 0 Å². The molecule has 0 saturated heterocycles. The fourth-order valence-electron chi connectivity index (χ4n) is 0. The van der Waals surface area contributed by atoms with Gasteiger partial charge in [0.05, 0.1) is 0 Å². The normalized spacial score (nSPS) is 0. The zero-order valence-corrected chi connectivity index (χ0v) is 7.05. The van der Waals surface area contributed by atoms with E-state index in [1.54, 1.807) is 0 Å². The Hall–Kier alpha value is 2.35. The van der Waals surface area contributed by atoms with Gasteiger partial charge < -0.3 is 0 Å². The molecule has 23 valence electrons. The van der Waals surface area contributed by atoms with E-state index in [1.807, 2.05) is 0 Å². The van der Waals surface area contributed by atoms with E-state index in [4.69, 9.17) is 0 Å². The van der Waals surface area contributed by atoms with Crippen molar-refractivity contribution < 1.29 is 74.7 Å². The van der Waals surface area contributed by atoms with Gasteiger partial charge in [0.2, 0.25) is 0 Å². The van der Waals surface area contributed by atoms with E-state index in [9.17, 15) is 0 Å². The molecule has 0 bridgehead atoms. The minimum Gasteiger partial charge on any atom is 0 e. The van der Waals surface area contributed by atoms with Gasteiger partial charge in [-0.1, -0.05) is 0 Å². The van der Waals surface area contributed by atoms with Crippen molar-refractivity contribution >= 4 is 0 Å². The van der Waals surface area contributed by atoms with Crippen molar-refractivity contribution in [3.63, 3.8) is 0 Å². The SMILES string of the molecule is [Cr].[Fe].[Ti].[V]. The maximum atomic E-state index is 0. The van der Waals surface area contributed by atoms with Crippen LogP contribution in [0.4, 0.5) is 0 Å². The largest absolute Gasteiger partial charge is 0 e. The smallest absolute Gasteiger partial charge is 0 e. The van der Waals surface area contributed by atoms with E-state index in [0.717, 1.165) is 0 Å². The van der Waals surface area contributed by atoms with Gasteiger partial charge in [-0.05, 0) is 0 Å². The summed E-state index contributed by atoms with van der Waals surface area (Å²) in [6.45, 7) is 0. The van der Waals surface area contributed by atoms with Gasteiger partial charge in [0.1, 0.15) is 0 Å². The molecule has 0 aromatic rings. The molecule has 0 atom stereocenters. The molecule has 0 saturated carbocycles. The first kappa shape index (κ1) is 32.9. The second kappa shape index (κ2) is 18.3. The van der Waals surface area contributed by atoms with E-state index in [0.29, 0.717) is 0 Å². The van der Waals surface area contributed by atoms with Gasteiger partial charge in [-0.2, -0.15) is 0 Å². The number of hydrogen-bond acceptors (Lipinski definition) is 0. The summed E-state index contributed by atoms with van der Waals surface area (Å²) < 4.78 is 0. The van der Waals surface area contributed by atoms with Crippen molar-refractivity contribution in [2.75, 3.05) is 0 Å². The van der Waals surface area contributed by atoms with Crippen LogP contribution in [0, 0.1) is 0 Å². The van der Waals surface area contributed by atoms with Crippen LogP contribution < -0.4 is 0 Å². The molecule has 4 heteroatoms. The predicted molar refractivity (Wildman–Crippen MR) is 0 cm³/mol. The van der Waals surface area contributed by atoms with E-state index in [-0.39, 0.29) is 74.7 Å². The van der Waals surface area contributed by atoms with Gasteiger partial charge in [-0.15, -0.1) is 0 Å². The van der Waals surface area contributed by atoms with Gasteiger partial charge in [-0.3, -0.25) is 0 Å². The second-order valence-electron chi connectivity index (χ2n) is 0. The third-order valence-electron chi connectivity index (χ3n) is 0. The Morgan fingerprint density at radius 3 is 1.00 bits per heavy atom. The van der Waals surface area contributed by atoms with Crippen molar-refractivity contribution in [3.8, 4) is 0 Å². The molecule has 1 radical (unpaired) electrons. The summed E-state index contributed by atoms with van der Waals surface area (Å²) in [5.74, 6) is 0. The fraction of sp³-hybridized carbons (Fsp3) is 0. The van der Waals surface area contributed by atoms with E-state index < -0.39 is 0 Å². The molecule has 0 fully saturated rings. The summed E-state index contributed by atoms with van der Waals surface area (Å²) in [5.41, 5.74) is 0. The van der Waals surface area contributed by atoms with Crippen molar-refractivity contribution in [1.82, 2.24) is 0 Å². The second-order valence-corrected chi connectivity index (χ2v) is 0. The molecule has 0 nitrogen and oxygen atoms in total. The summed E-state index contributed by atoms with van der Waals surface area (Å²) in [6.07, 6.45) is 0. The predicted octanol–water partition coefficient (Wildman–Crippen LogP) is -0.0100. The molecule has 0 N–H and O–H groups in total. The molecule has 0 heterocycles. The third-order valence-corrected chi connectivity index (χ3v) is 0. The monoisotopic (exact) mass is 207 g/mol. The van der Waals surface area contributed by atoms with E-state index >= 15 is 0 Å². The van der Waals surface area contributed by atoms with E-state index in [1.165, 1.54) is 0 Å². The maximum Gasteiger partial charge on any atom is 0 e. The topological polar surface area (TPSA) is 0 Å². The molecular formula is CrFeTiV. The van der Waals surface area contributed by atoms with Crippen molar-refractivity contribution in [2.24, 2.45) is 0 Å². The molecule has 0 aliphatic carbocycles. The Kier molecular flexibility index (Phi) is 151. The van der Waals surface area contributed by atoms with E-state index in [2.05, 4.69) is 0 Å². The third kappa shape index (κ3) is 8.84. The number of rotatable bonds is 0. The Bertz CT molecular complexity index is 8.00. The Morgan fingerprint density at radius 2 is 1.00 bits per heavy atom. The van der Waals surface area contributed by atoms with Gasteiger partial charge in [0, 0.05) is 74.7 Å². The first-order valence-electron chi connectivity index (χ1n) is 0. The van der Waals surface area contributed by atoms with Gasteiger partial charge >= 0.3 is 0 Å². The molecule has 0 aliphatic heterocycles. The molecule has 0 aliphatic rings. The van der Waals surface area contributed by atoms with Gasteiger partial charge in [0.25, 0.3) is 0 Å². The minimum absolute atomic E-state index is 0. The average molecular weight is 207 g/mol. The van der Waals surface area contributed by atoms with Gasteiger partial charge in [-0.25, -0.2) is 0 Å². The molecule has 0 aromatic heterocycles. The molecule has 0 spiro atoms. The van der Waals surface area contributed by atoms with Crippen LogP contribution in [0.25, 0.3) is 0 Å². The zero-order chi connectivity index (χ0) is 0. The Labute approximate surface area is 73.9 Å². The van der Waals surface area contributed by atoms with Crippen LogP contribution in [0.2, 0.25) is 0 Å². The van der Waals surface area contributed by atoms with Crippen molar-refractivity contribution in [3.05, 3.63) is 0 Å². The summed E-state index contributed by atoms with van der Waals surface area (Å²) in [7, 11) is 0. The maximum absolute atomic E-state index is 0. The average Bonchev–Trinajstić information content (AvgIpc) is 0. The van der Waals surface area contributed by atoms with Crippen LogP contribution in [0.1, 0.15) is 0 Å². The Balaban J connectivity index is 0. The Morgan fingerprint density at radius 1 is 1.00 bits per heavy atom. The van der Waals surface area contributed by atoms with Crippen LogP contribution in [-0.4, -0.2) is 0 Å². The van der Waals surface area contributed by atoms with Crippen LogP contribution >= 0.6 is 0 Å². The first-order chi connectivity index (χ1) is 0. The molecule has 0 rings (SSSR count). The molecule has 0 aromatic carbocycles. The fourth-order valence-corrected chi connectivity index (χ4v) is 0. The van der Waals surface area contributed by atoms with Crippen molar-refractivity contribution in [1.29, 1.82) is 0 Å². The first-order valence-corrected chi connectivity index (χ1v) is 0. The summed E-state index contributed by atoms with van der Waals surface area (Å²) in [6, 6.07) is 0. The van der Waals surface area contributed by atoms with Crippen LogP contribution in [0.15, 0.2) is 0 Å². The quantitative estimate of drug-likeness (QED) is 0.489. The minimum atomic E-state index is 0. The number of hydrogen-bond donors (Lipinski definition) is 0. The molecule has 0 amide bonds. The van der Waals surface area contributed by atoms with Gasteiger partial charge in [0.15, 0.2) is 0 Å². The summed E-state index contributed by atoms with van der Waals surface area (Å²) in [4.78, 5) is 0. The molecule has 4 heavy (non-hydrogen) atoms. The molecule has 0 unspecified atom stereocenters. The summed E-state index contributed by atoms with van der Waals surface area (Å²) >= 11 is 0. The van der Waals surface area contributed by atoms with Crippen LogP contribution in [-0.2, 0) is 74.7 Å². The van der Waals surface area contributed by atoms with Crippen LogP contribution in [0.3, 0.4) is 0 Å². The standard InChI is InChI=1S/Cr.Fe.Ti.V.